The number of carbonyl (C=O) groups is 4. The van der Waals surface area contributed by atoms with Crippen LogP contribution in [0.25, 0.3) is 0 Å². The summed E-state index contributed by atoms with van der Waals surface area (Å²) < 4.78 is 5.30. The number of nitriles is 1. The van der Waals surface area contributed by atoms with Crippen LogP contribution in [0.4, 0.5) is 4.79 Å². The van der Waals surface area contributed by atoms with E-state index in [1.165, 1.54) is 0 Å². The number of amides is 4. The van der Waals surface area contributed by atoms with Gasteiger partial charge < -0.3 is 15.4 Å². The fourth-order valence-electron chi connectivity index (χ4n) is 6.09. The number of rotatable bonds is 7. The Balaban J connectivity index is 1.28. The van der Waals surface area contributed by atoms with Gasteiger partial charge in [-0.3, -0.25) is 19.7 Å². The molecule has 5 fully saturated rings. The summed E-state index contributed by atoms with van der Waals surface area (Å²) in [7, 11) is 0. The molecule has 1 heterocycles. The highest BCUT2D eigenvalue weighted by atomic mass is 16.5. The van der Waals surface area contributed by atoms with Crippen LogP contribution in [-0.4, -0.2) is 35.4 Å². The van der Waals surface area contributed by atoms with E-state index in [0.717, 1.165) is 24.8 Å². The maximum Gasteiger partial charge on any atom is 0.408 e. The number of fused-ring (bicyclic) bond motifs is 2. The van der Waals surface area contributed by atoms with E-state index >= 15 is 0 Å². The third-order valence-corrected chi connectivity index (χ3v) is 7.88. The van der Waals surface area contributed by atoms with Crippen molar-refractivity contribution in [1.82, 2.24) is 16.0 Å². The molecule has 6 atom stereocenters. The van der Waals surface area contributed by atoms with Crippen LogP contribution < -0.4 is 16.0 Å². The summed E-state index contributed by atoms with van der Waals surface area (Å²) in [5.74, 6) is -2.30. The minimum atomic E-state index is -1.24. The molecule has 1 aliphatic heterocycles. The molecule has 9 heteroatoms. The van der Waals surface area contributed by atoms with Gasteiger partial charge in [0, 0.05) is 5.92 Å². The van der Waals surface area contributed by atoms with Crippen molar-refractivity contribution in [2.75, 3.05) is 0 Å². The smallest absolute Gasteiger partial charge is 0.408 e. The second kappa shape index (κ2) is 8.75. The van der Waals surface area contributed by atoms with Crippen molar-refractivity contribution in [2.45, 2.75) is 56.7 Å². The molecule has 34 heavy (non-hydrogen) atoms. The molecular weight excluding hydrogens is 436 g/mol. The fourth-order valence-corrected chi connectivity index (χ4v) is 6.09. The van der Waals surface area contributed by atoms with Gasteiger partial charge >= 0.3 is 6.09 Å². The van der Waals surface area contributed by atoms with E-state index < -0.39 is 41.3 Å². The van der Waals surface area contributed by atoms with Crippen LogP contribution in [0.3, 0.4) is 0 Å². The Bertz CT molecular complexity index is 1050. The molecule has 6 rings (SSSR count). The first-order valence-corrected chi connectivity index (χ1v) is 12.0. The molecule has 1 aromatic carbocycles. The van der Waals surface area contributed by atoms with Crippen LogP contribution in [-0.2, 0) is 25.7 Å². The van der Waals surface area contributed by atoms with Crippen LogP contribution in [0.15, 0.2) is 30.3 Å². The molecule has 3 N–H and O–H groups in total. The van der Waals surface area contributed by atoms with Gasteiger partial charge in [-0.2, -0.15) is 5.26 Å². The zero-order chi connectivity index (χ0) is 23.9. The highest BCUT2D eigenvalue weighted by Gasteiger charge is 2.64. The normalized spacial score (nSPS) is 32.2. The van der Waals surface area contributed by atoms with Gasteiger partial charge in [0.15, 0.2) is 0 Å². The molecule has 1 aromatic rings. The number of ether oxygens (including phenoxy) is 1. The topological polar surface area (TPSA) is 137 Å². The number of hydrogen-bond acceptors (Lipinski definition) is 6. The zero-order valence-electron chi connectivity index (χ0n) is 18.8. The van der Waals surface area contributed by atoms with Crippen LogP contribution in [0.2, 0.25) is 0 Å². The number of alkyl carbamates (subject to hydrolysis) is 1. The van der Waals surface area contributed by atoms with Crippen molar-refractivity contribution in [3.8, 4) is 6.07 Å². The quantitative estimate of drug-likeness (QED) is 0.526. The van der Waals surface area contributed by atoms with Gasteiger partial charge in [0.2, 0.25) is 17.7 Å². The molecule has 4 amide bonds. The summed E-state index contributed by atoms with van der Waals surface area (Å²) in [6, 6.07) is 10.7. The van der Waals surface area contributed by atoms with Crippen molar-refractivity contribution < 1.29 is 23.9 Å². The van der Waals surface area contributed by atoms with Gasteiger partial charge in [-0.25, -0.2) is 4.79 Å². The van der Waals surface area contributed by atoms with Crippen LogP contribution >= 0.6 is 0 Å². The molecule has 0 spiro atoms. The monoisotopic (exact) mass is 464 g/mol. The summed E-state index contributed by atoms with van der Waals surface area (Å²) in [5, 5.41) is 18.2. The van der Waals surface area contributed by atoms with Crippen molar-refractivity contribution >= 4 is 23.8 Å². The summed E-state index contributed by atoms with van der Waals surface area (Å²) >= 11 is 0. The van der Waals surface area contributed by atoms with Crippen molar-refractivity contribution in [1.29, 1.82) is 5.26 Å². The van der Waals surface area contributed by atoms with Gasteiger partial charge in [-0.1, -0.05) is 43.2 Å². The Morgan fingerprint density at radius 3 is 2.56 bits per heavy atom. The highest BCUT2D eigenvalue weighted by molar-refractivity contribution is 6.06. The molecule has 9 nitrogen and oxygen atoms in total. The lowest BCUT2D eigenvalue weighted by atomic mass is 9.52. The van der Waals surface area contributed by atoms with E-state index in [-0.39, 0.29) is 24.3 Å². The van der Waals surface area contributed by atoms with Crippen molar-refractivity contribution in [2.24, 2.45) is 29.6 Å². The van der Waals surface area contributed by atoms with Crippen LogP contribution in [0.1, 0.15) is 44.1 Å². The summed E-state index contributed by atoms with van der Waals surface area (Å²) in [4.78, 5) is 50.6. The predicted molar refractivity (Wildman–Crippen MR) is 118 cm³/mol. The molecule has 4 aliphatic carbocycles. The fraction of sp³-hybridized carbons (Fsp3) is 0.560. The van der Waals surface area contributed by atoms with E-state index in [9.17, 15) is 24.4 Å². The summed E-state index contributed by atoms with van der Waals surface area (Å²) in [6.45, 7) is 0.0858. The molecule has 0 aromatic heterocycles. The largest absolute Gasteiger partial charge is 0.445 e. The average Bonchev–Trinajstić information content (AvgIpc) is 3.61. The van der Waals surface area contributed by atoms with E-state index in [0.29, 0.717) is 25.2 Å². The van der Waals surface area contributed by atoms with Gasteiger partial charge in [-0.15, -0.1) is 0 Å². The lowest BCUT2D eigenvalue weighted by Crippen LogP contribution is -2.66. The van der Waals surface area contributed by atoms with E-state index in [1.54, 1.807) is 0 Å². The lowest BCUT2D eigenvalue weighted by molar-refractivity contribution is -0.137. The average molecular weight is 465 g/mol. The van der Waals surface area contributed by atoms with Crippen molar-refractivity contribution in [3.63, 3.8) is 0 Å². The number of carbonyl (C=O) groups excluding carboxylic acids is 4. The molecule has 1 saturated heterocycles. The first-order valence-electron chi connectivity index (χ1n) is 12.0. The lowest BCUT2D eigenvalue weighted by Gasteiger charge is -2.52. The molecule has 5 aliphatic rings. The van der Waals surface area contributed by atoms with Crippen LogP contribution in [0.5, 0.6) is 0 Å². The molecule has 178 valence electrons. The second-order valence-electron chi connectivity index (χ2n) is 10.1. The molecule has 0 radical (unpaired) electrons. The Morgan fingerprint density at radius 2 is 1.85 bits per heavy atom. The van der Waals surface area contributed by atoms with Crippen LogP contribution in [0, 0.1) is 40.9 Å². The minimum absolute atomic E-state index is 0.0858. The Morgan fingerprint density at radius 1 is 1.12 bits per heavy atom. The van der Waals surface area contributed by atoms with E-state index in [2.05, 4.69) is 22.0 Å². The minimum Gasteiger partial charge on any atom is -0.445 e. The Hall–Kier alpha value is -3.41. The zero-order valence-corrected chi connectivity index (χ0v) is 18.8. The third kappa shape index (κ3) is 4.13. The Kier molecular flexibility index (Phi) is 5.76. The number of benzene rings is 1. The Labute approximate surface area is 197 Å². The van der Waals surface area contributed by atoms with Gasteiger partial charge in [0.05, 0.1) is 17.9 Å². The first kappa shape index (κ1) is 22.4. The molecule has 4 unspecified atom stereocenters. The number of nitrogens with zero attached hydrogens (tertiary/aromatic N) is 1. The molecular formula is C25H28N4O5. The number of nitrogens with one attached hydrogen (secondary N) is 3. The first-order chi connectivity index (χ1) is 16.4. The molecule has 4 saturated carbocycles. The van der Waals surface area contributed by atoms with Gasteiger partial charge in [-0.05, 0) is 43.1 Å². The highest BCUT2D eigenvalue weighted by Crippen LogP contribution is 2.55. The maximum absolute atomic E-state index is 13.4. The van der Waals surface area contributed by atoms with E-state index in [1.807, 2.05) is 30.3 Å². The third-order valence-electron chi connectivity index (χ3n) is 7.88. The second-order valence-corrected chi connectivity index (χ2v) is 10.1. The summed E-state index contributed by atoms with van der Waals surface area (Å²) in [6.07, 6.45) is 3.43. The molecule has 2 bridgehead atoms. The standard InChI is InChI=1S/C25H28N4O5/c26-13-25(11-16-8-9-17(25)20-19(16)22(31)28-23(20)32)29-21(30)18(10-14-6-7-14)27-24(33)34-12-15-4-2-1-3-5-15/h1-5,14,16-20H,6-12H2,(H,27,33)(H,29,30)(H,28,31,32)/t16?,17?,18?,19-,20+,25?/m0/s1. The number of hydrogen-bond donors (Lipinski definition) is 3. The van der Waals surface area contributed by atoms with Crippen molar-refractivity contribution in [3.05, 3.63) is 35.9 Å². The predicted octanol–water partition coefficient (Wildman–Crippen LogP) is 1.78. The maximum atomic E-state index is 13.4. The number of imide groups is 1. The van der Waals surface area contributed by atoms with Gasteiger partial charge in [0.25, 0.3) is 0 Å². The van der Waals surface area contributed by atoms with Gasteiger partial charge in [0.1, 0.15) is 18.2 Å². The summed E-state index contributed by atoms with van der Waals surface area (Å²) in [5.41, 5.74) is -0.401. The SMILES string of the molecule is N#CC1(NC(=O)C(CC2CC2)NC(=O)OCc2ccccc2)CC2CCC1[C@H]1C(=O)NC(=O)[C@@H]21. The van der Waals surface area contributed by atoms with E-state index in [4.69, 9.17) is 4.74 Å².